The summed E-state index contributed by atoms with van der Waals surface area (Å²) in [5.41, 5.74) is 0.997. The van der Waals surface area contributed by atoms with Gasteiger partial charge < -0.3 is 24.8 Å². The fourth-order valence-corrected chi connectivity index (χ4v) is 2.50. The Kier molecular flexibility index (Phi) is 7.63. The average molecular weight is 372 g/mol. The van der Waals surface area contributed by atoms with E-state index < -0.39 is 0 Å². The molecular weight excluding hydrogens is 348 g/mol. The molecule has 0 unspecified atom stereocenters. The van der Waals surface area contributed by atoms with Crippen molar-refractivity contribution in [2.45, 2.75) is 0 Å². The summed E-state index contributed by atoms with van der Waals surface area (Å²) in [6.07, 6.45) is 0. The molecule has 0 fully saturated rings. The summed E-state index contributed by atoms with van der Waals surface area (Å²) in [6, 6.07) is 13.5. The van der Waals surface area contributed by atoms with Crippen molar-refractivity contribution in [3.05, 3.63) is 59.7 Å². The first-order valence-electron chi connectivity index (χ1n) is 8.55. The molecule has 0 heterocycles. The number of aliphatic hydroxyl groups excluding tert-OH is 1. The largest absolute Gasteiger partial charge is 0.497 e. The lowest BCUT2D eigenvalue weighted by Gasteiger charge is -2.22. The minimum atomic E-state index is -0.238. The topological polar surface area (TPSA) is 88.1 Å². The molecule has 2 N–H and O–H groups in total. The van der Waals surface area contributed by atoms with E-state index in [1.165, 1.54) is 4.90 Å². The number of methoxy groups -OCH3 is 2. The van der Waals surface area contributed by atoms with E-state index in [2.05, 4.69) is 5.32 Å². The molecule has 0 bridgehead atoms. The maximum atomic E-state index is 12.6. The van der Waals surface area contributed by atoms with Crippen LogP contribution in [-0.2, 0) is 0 Å². The van der Waals surface area contributed by atoms with Crippen LogP contribution in [0.25, 0.3) is 0 Å². The first-order chi connectivity index (χ1) is 13.1. The van der Waals surface area contributed by atoms with Crippen LogP contribution in [0.3, 0.4) is 0 Å². The number of carbonyl (C=O) groups excluding carboxylic acids is 2. The zero-order valence-corrected chi connectivity index (χ0v) is 15.5. The molecule has 0 aliphatic rings. The van der Waals surface area contributed by atoms with Gasteiger partial charge in [-0.1, -0.05) is 0 Å². The normalized spacial score (nSPS) is 10.2. The summed E-state index contributed by atoms with van der Waals surface area (Å²) >= 11 is 0. The summed E-state index contributed by atoms with van der Waals surface area (Å²) in [5, 5.41) is 12.0. The lowest BCUT2D eigenvalue weighted by molar-refractivity contribution is 0.0716. The van der Waals surface area contributed by atoms with E-state index in [9.17, 15) is 14.7 Å². The summed E-state index contributed by atoms with van der Waals surface area (Å²) in [6.45, 7) is 0.581. The zero-order valence-electron chi connectivity index (χ0n) is 15.5. The Labute approximate surface area is 158 Å². The number of benzene rings is 2. The number of hydrogen-bond donors (Lipinski definition) is 2. The number of ether oxygens (including phenoxy) is 2. The van der Waals surface area contributed by atoms with Crippen LogP contribution in [0.15, 0.2) is 48.5 Å². The van der Waals surface area contributed by atoms with Crippen molar-refractivity contribution >= 4 is 11.8 Å². The minimum absolute atomic E-state index is 0.158. The van der Waals surface area contributed by atoms with E-state index in [0.29, 0.717) is 22.6 Å². The fourth-order valence-electron chi connectivity index (χ4n) is 2.50. The minimum Gasteiger partial charge on any atom is -0.497 e. The van der Waals surface area contributed by atoms with E-state index in [1.807, 2.05) is 0 Å². The third-order valence-electron chi connectivity index (χ3n) is 4.01. The monoisotopic (exact) mass is 372 g/mol. The average Bonchev–Trinajstić information content (AvgIpc) is 2.72. The highest BCUT2D eigenvalue weighted by Gasteiger charge is 2.16. The highest BCUT2D eigenvalue weighted by molar-refractivity contribution is 5.95. The van der Waals surface area contributed by atoms with Crippen LogP contribution in [0.4, 0.5) is 0 Å². The summed E-state index contributed by atoms with van der Waals surface area (Å²) < 4.78 is 10.1. The van der Waals surface area contributed by atoms with Gasteiger partial charge in [-0.05, 0) is 48.5 Å². The predicted molar refractivity (Wildman–Crippen MR) is 101 cm³/mol. The van der Waals surface area contributed by atoms with Gasteiger partial charge in [0.05, 0.1) is 20.8 Å². The zero-order chi connectivity index (χ0) is 19.6. The smallest absolute Gasteiger partial charge is 0.253 e. The molecular formula is C20H24N2O5. The Balaban J connectivity index is 1.92. The number of nitrogens with zero attached hydrogens (tertiary/aromatic N) is 1. The van der Waals surface area contributed by atoms with E-state index in [1.54, 1.807) is 62.8 Å². The van der Waals surface area contributed by atoms with Gasteiger partial charge in [-0.15, -0.1) is 0 Å². The van der Waals surface area contributed by atoms with Crippen LogP contribution in [-0.4, -0.2) is 62.3 Å². The second-order valence-corrected chi connectivity index (χ2v) is 5.73. The molecule has 2 aromatic rings. The number of nitrogens with one attached hydrogen (secondary N) is 1. The van der Waals surface area contributed by atoms with E-state index in [-0.39, 0.29) is 38.1 Å². The van der Waals surface area contributed by atoms with Crippen LogP contribution in [0.1, 0.15) is 20.7 Å². The number of carbonyl (C=O) groups is 2. The molecule has 2 rings (SSSR count). The molecule has 0 aliphatic carbocycles. The van der Waals surface area contributed by atoms with Crippen molar-refractivity contribution in [2.75, 3.05) is 40.5 Å². The molecule has 7 nitrogen and oxygen atoms in total. The summed E-state index contributed by atoms with van der Waals surface area (Å²) in [7, 11) is 3.12. The fraction of sp³-hybridized carbons (Fsp3) is 0.300. The first kappa shape index (κ1) is 20.3. The Hall–Kier alpha value is -3.06. The third-order valence-corrected chi connectivity index (χ3v) is 4.01. The summed E-state index contributed by atoms with van der Waals surface area (Å²) in [4.78, 5) is 26.3. The van der Waals surface area contributed by atoms with E-state index >= 15 is 0 Å². The molecule has 0 saturated heterocycles. The van der Waals surface area contributed by atoms with Crippen molar-refractivity contribution < 1.29 is 24.2 Å². The molecule has 27 heavy (non-hydrogen) atoms. The molecule has 144 valence electrons. The quantitative estimate of drug-likeness (QED) is 0.698. The SMILES string of the molecule is COc1ccc(C(=O)NCCN(CCO)C(=O)c2ccc(OC)cc2)cc1. The van der Waals surface area contributed by atoms with Crippen LogP contribution in [0, 0.1) is 0 Å². The third kappa shape index (κ3) is 5.72. The van der Waals surface area contributed by atoms with Crippen molar-refractivity contribution in [2.24, 2.45) is 0 Å². The summed E-state index contributed by atoms with van der Waals surface area (Å²) in [5.74, 6) is 0.877. The van der Waals surface area contributed by atoms with E-state index in [0.717, 1.165) is 0 Å². The van der Waals surface area contributed by atoms with Gasteiger partial charge in [-0.2, -0.15) is 0 Å². The molecule has 2 aromatic carbocycles. The van der Waals surface area contributed by atoms with Gasteiger partial charge in [0.2, 0.25) is 0 Å². The maximum absolute atomic E-state index is 12.6. The van der Waals surface area contributed by atoms with Gasteiger partial charge in [0.1, 0.15) is 11.5 Å². The number of amides is 2. The van der Waals surface area contributed by atoms with Gasteiger partial charge >= 0.3 is 0 Å². The molecule has 0 aromatic heterocycles. The Morgan fingerprint density at radius 2 is 1.41 bits per heavy atom. The van der Waals surface area contributed by atoms with Crippen LogP contribution in [0.2, 0.25) is 0 Å². The van der Waals surface area contributed by atoms with Gasteiger partial charge in [-0.25, -0.2) is 0 Å². The van der Waals surface area contributed by atoms with Crippen LogP contribution < -0.4 is 14.8 Å². The van der Waals surface area contributed by atoms with Crippen LogP contribution in [0.5, 0.6) is 11.5 Å². The van der Waals surface area contributed by atoms with Crippen LogP contribution >= 0.6 is 0 Å². The molecule has 0 aliphatic heterocycles. The van der Waals surface area contributed by atoms with Gasteiger partial charge in [-0.3, -0.25) is 9.59 Å². The van der Waals surface area contributed by atoms with Crippen molar-refractivity contribution in [3.63, 3.8) is 0 Å². The molecule has 2 amide bonds. The highest BCUT2D eigenvalue weighted by Crippen LogP contribution is 2.13. The lowest BCUT2D eigenvalue weighted by Crippen LogP contribution is -2.40. The molecule has 0 radical (unpaired) electrons. The number of aliphatic hydroxyl groups is 1. The predicted octanol–water partition coefficient (Wildman–Crippen LogP) is 1.57. The molecule has 0 spiro atoms. The van der Waals surface area contributed by atoms with Gasteiger partial charge in [0, 0.05) is 30.8 Å². The maximum Gasteiger partial charge on any atom is 0.253 e. The standard InChI is InChI=1S/C20H24N2O5/c1-26-17-7-3-15(4-8-17)19(24)21-11-12-22(13-14-23)20(25)16-5-9-18(27-2)10-6-16/h3-10,23H,11-14H2,1-2H3,(H,21,24). The number of hydrogen-bond acceptors (Lipinski definition) is 5. The lowest BCUT2D eigenvalue weighted by atomic mass is 10.2. The first-order valence-corrected chi connectivity index (χ1v) is 8.55. The van der Waals surface area contributed by atoms with Crippen molar-refractivity contribution in [1.29, 1.82) is 0 Å². The Morgan fingerprint density at radius 3 is 1.89 bits per heavy atom. The second kappa shape index (κ2) is 10.2. The number of rotatable bonds is 9. The molecule has 0 saturated carbocycles. The van der Waals surface area contributed by atoms with Gasteiger partial charge in [0.25, 0.3) is 11.8 Å². The van der Waals surface area contributed by atoms with Crippen molar-refractivity contribution in [1.82, 2.24) is 10.2 Å². The second-order valence-electron chi connectivity index (χ2n) is 5.73. The van der Waals surface area contributed by atoms with Crippen molar-refractivity contribution in [3.8, 4) is 11.5 Å². The highest BCUT2D eigenvalue weighted by atomic mass is 16.5. The molecule has 7 heteroatoms. The van der Waals surface area contributed by atoms with E-state index in [4.69, 9.17) is 9.47 Å². The van der Waals surface area contributed by atoms with Gasteiger partial charge in [0.15, 0.2) is 0 Å². The Bertz CT molecular complexity index is 744. The Morgan fingerprint density at radius 1 is 0.889 bits per heavy atom. The molecule has 0 atom stereocenters.